The Labute approximate surface area is 153 Å². The smallest absolute Gasteiger partial charge is 0.232 e. The Balaban J connectivity index is 1.64. The van der Waals surface area contributed by atoms with E-state index in [-0.39, 0.29) is 0 Å². The molecule has 3 aromatic heterocycles. The second-order valence-corrected chi connectivity index (χ2v) is 6.85. The lowest BCUT2D eigenvalue weighted by Crippen LogP contribution is -2.39. The van der Waals surface area contributed by atoms with Crippen LogP contribution in [0.25, 0.3) is 11.0 Å². The van der Waals surface area contributed by atoms with Crippen LogP contribution in [-0.2, 0) is 17.8 Å². The van der Waals surface area contributed by atoms with Crippen molar-refractivity contribution in [2.24, 2.45) is 0 Å². The number of morpholine rings is 1. The van der Waals surface area contributed by atoms with Crippen molar-refractivity contribution < 1.29 is 13.7 Å². The number of anilines is 1. The molecule has 1 aliphatic rings. The number of nitrogens with zero attached hydrogens (tertiary/aromatic N) is 4. The van der Waals surface area contributed by atoms with Gasteiger partial charge in [0.05, 0.1) is 19.5 Å². The number of rotatable bonds is 5. The summed E-state index contributed by atoms with van der Waals surface area (Å²) < 4.78 is 15.1. The maximum absolute atomic E-state index is 6.50. The topological polar surface area (TPSA) is 73.3 Å². The molecule has 1 aliphatic heterocycles. The maximum Gasteiger partial charge on any atom is 0.232 e. The summed E-state index contributed by atoms with van der Waals surface area (Å²) in [6, 6.07) is 3.83. The Morgan fingerprint density at radius 3 is 2.77 bits per heavy atom. The molecule has 4 heterocycles. The summed E-state index contributed by atoms with van der Waals surface area (Å²) in [5, 5.41) is 1.04. The second kappa shape index (κ2) is 7.09. The zero-order valence-electron chi connectivity index (χ0n) is 15.4. The lowest BCUT2D eigenvalue weighted by atomic mass is 10.2. The minimum atomic E-state index is 0.583. The Morgan fingerprint density at radius 2 is 2.04 bits per heavy atom. The van der Waals surface area contributed by atoms with Crippen molar-refractivity contribution in [2.45, 2.75) is 26.9 Å². The molecular formula is C19H26N5O2+. The van der Waals surface area contributed by atoms with Crippen LogP contribution in [0.15, 0.2) is 29.1 Å². The fourth-order valence-electron chi connectivity index (χ4n) is 3.65. The van der Waals surface area contributed by atoms with E-state index in [4.69, 9.17) is 19.9 Å². The van der Waals surface area contributed by atoms with Gasteiger partial charge in [0, 0.05) is 31.9 Å². The predicted molar refractivity (Wildman–Crippen MR) is 98.9 cm³/mol. The highest BCUT2D eigenvalue weighted by Crippen LogP contribution is 2.26. The van der Waals surface area contributed by atoms with Crippen LogP contribution in [0.4, 0.5) is 5.82 Å². The van der Waals surface area contributed by atoms with E-state index >= 15 is 0 Å². The average Bonchev–Trinajstić information content (AvgIpc) is 3.25. The van der Waals surface area contributed by atoms with Crippen LogP contribution < -0.4 is 10.3 Å². The van der Waals surface area contributed by atoms with E-state index in [0.717, 1.165) is 62.0 Å². The summed E-state index contributed by atoms with van der Waals surface area (Å²) in [6.45, 7) is 10.4. The summed E-state index contributed by atoms with van der Waals surface area (Å²) in [6.07, 6.45) is 3.49. The van der Waals surface area contributed by atoms with Gasteiger partial charge in [0.1, 0.15) is 17.7 Å². The minimum absolute atomic E-state index is 0.583. The van der Waals surface area contributed by atoms with Crippen LogP contribution in [0, 0.1) is 13.8 Å². The summed E-state index contributed by atoms with van der Waals surface area (Å²) in [4.78, 5) is 7.17. The van der Waals surface area contributed by atoms with Gasteiger partial charge in [0.15, 0.2) is 0 Å². The first kappa shape index (κ1) is 17.1. The van der Waals surface area contributed by atoms with Crippen molar-refractivity contribution in [3.05, 3.63) is 41.7 Å². The number of nitrogens with two attached hydrogens (primary N) is 1. The number of furan rings is 1. The zero-order chi connectivity index (χ0) is 18.1. The summed E-state index contributed by atoms with van der Waals surface area (Å²) in [5.74, 6) is 1.60. The van der Waals surface area contributed by atoms with Gasteiger partial charge in [0.2, 0.25) is 17.8 Å². The third kappa shape index (κ3) is 3.08. The van der Waals surface area contributed by atoms with Gasteiger partial charge in [-0.25, -0.2) is 4.57 Å². The highest BCUT2D eigenvalue weighted by molar-refractivity contribution is 5.89. The lowest BCUT2D eigenvalue weighted by molar-refractivity contribution is -0.677. The van der Waals surface area contributed by atoms with E-state index in [2.05, 4.69) is 23.3 Å². The molecule has 4 rings (SSSR count). The molecular weight excluding hydrogens is 330 g/mol. The first-order valence-electron chi connectivity index (χ1n) is 9.11. The third-order valence-corrected chi connectivity index (χ3v) is 5.34. The van der Waals surface area contributed by atoms with E-state index in [1.54, 1.807) is 6.26 Å². The molecule has 1 fully saturated rings. The van der Waals surface area contributed by atoms with Gasteiger partial charge in [-0.2, -0.15) is 0 Å². The van der Waals surface area contributed by atoms with Gasteiger partial charge in [0.25, 0.3) is 0 Å². The van der Waals surface area contributed by atoms with Crippen LogP contribution in [0.5, 0.6) is 0 Å². The molecule has 0 bridgehead atoms. The number of aromatic nitrogens is 3. The number of nitrogen functional groups attached to an aromatic ring is 1. The quantitative estimate of drug-likeness (QED) is 0.701. The van der Waals surface area contributed by atoms with Crippen LogP contribution in [0.3, 0.4) is 0 Å². The molecule has 7 nitrogen and oxygen atoms in total. The monoisotopic (exact) mass is 356 g/mol. The van der Waals surface area contributed by atoms with Crippen LogP contribution in [0.1, 0.15) is 17.0 Å². The highest BCUT2D eigenvalue weighted by atomic mass is 16.5. The number of ether oxygens (including phenoxy) is 1. The molecule has 7 heteroatoms. The molecule has 26 heavy (non-hydrogen) atoms. The van der Waals surface area contributed by atoms with Crippen molar-refractivity contribution >= 4 is 16.9 Å². The zero-order valence-corrected chi connectivity index (χ0v) is 15.4. The molecule has 0 atom stereocenters. The number of aryl methyl sites for hydroxylation is 1. The van der Waals surface area contributed by atoms with Gasteiger partial charge in [-0.15, -0.1) is 0 Å². The molecule has 2 N–H and O–H groups in total. The van der Waals surface area contributed by atoms with E-state index < -0.39 is 0 Å². The van der Waals surface area contributed by atoms with Crippen molar-refractivity contribution in [1.82, 2.24) is 14.5 Å². The van der Waals surface area contributed by atoms with Gasteiger partial charge < -0.3 is 19.5 Å². The molecule has 0 spiro atoms. The van der Waals surface area contributed by atoms with Crippen LogP contribution in [0.2, 0.25) is 0 Å². The molecule has 0 saturated carbocycles. The van der Waals surface area contributed by atoms with E-state index in [9.17, 15) is 0 Å². The van der Waals surface area contributed by atoms with Gasteiger partial charge in [-0.05, 0) is 31.5 Å². The van der Waals surface area contributed by atoms with E-state index in [1.165, 1.54) is 11.3 Å². The molecule has 138 valence electrons. The van der Waals surface area contributed by atoms with Crippen molar-refractivity contribution in [3.8, 4) is 0 Å². The van der Waals surface area contributed by atoms with E-state index in [0.29, 0.717) is 6.54 Å². The standard InChI is InChI=1S/C19H25N5O2/c1-14-15(2)24(6-5-22-7-10-25-11-8-22)19-17(14)18(20)23(13-21-19)12-16-4-3-9-26-16/h3-4,9,13,20H,5-8,10-12H2,1-2H3/p+1. The molecule has 0 amide bonds. The van der Waals surface area contributed by atoms with Crippen LogP contribution in [-0.4, -0.2) is 47.3 Å². The van der Waals surface area contributed by atoms with Crippen molar-refractivity contribution in [3.63, 3.8) is 0 Å². The van der Waals surface area contributed by atoms with E-state index in [1.807, 2.05) is 23.0 Å². The Bertz CT molecular complexity index is 895. The second-order valence-electron chi connectivity index (χ2n) is 6.85. The fraction of sp³-hybridized carbons (Fsp3) is 0.474. The van der Waals surface area contributed by atoms with Gasteiger partial charge in [-0.3, -0.25) is 4.90 Å². The van der Waals surface area contributed by atoms with Crippen LogP contribution >= 0.6 is 0 Å². The molecule has 3 aromatic rings. The summed E-state index contributed by atoms with van der Waals surface area (Å²) in [5.41, 5.74) is 9.88. The largest absolute Gasteiger partial charge is 0.466 e. The number of fused-ring (bicyclic) bond motifs is 1. The normalized spacial score (nSPS) is 15.8. The predicted octanol–water partition coefficient (Wildman–Crippen LogP) is 1.50. The third-order valence-electron chi connectivity index (χ3n) is 5.34. The van der Waals surface area contributed by atoms with Gasteiger partial charge >= 0.3 is 0 Å². The fourth-order valence-corrected chi connectivity index (χ4v) is 3.65. The van der Waals surface area contributed by atoms with Crippen molar-refractivity contribution in [1.29, 1.82) is 0 Å². The summed E-state index contributed by atoms with van der Waals surface area (Å²) in [7, 11) is 0. The Hall–Kier alpha value is -2.38. The van der Waals surface area contributed by atoms with Gasteiger partial charge in [-0.1, -0.05) is 4.98 Å². The Kier molecular flexibility index (Phi) is 4.65. The first-order chi connectivity index (χ1) is 12.6. The molecule has 0 aromatic carbocycles. The first-order valence-corrected chi connectivity index (χ1v) is 9.11. The Morgan fingerprint density at radius 1 is 1.23 bits per heavy atom. The molecule has 0 radical (unpaired) electrons. The molecule has 0 aliphatic carbocycles. The average molecular weight is 356 g/mol. The lowest BCUT2D eigenvalue weighted by Gasteiger charge is -2.26. The number of hydrogen-bond acceptors (Lipinski definition) is 5. The number of hydrogen-bond donors (Lipinski definition) is 1. The molecule has 0 unspecified atom stereocenters. The minimum Gasteiger partial charge on any atom is -0.466 e. The maximum atomic E-state index is 6.50. The summed E-state index contributed by atoms with van der Waals surface area (Å²) >= 11 is 0. The van der Waals surface area contributed by atoms with Crippen molar-refractivity contribution in [2.75, 3.05) is 38.6 Å². The SMILES string of the molecule is Cc1c(C)n(CCN2CCOCC2)c2nc[n+](Cc3ccco3)c(N)c12. The molecule has 1 saturated heterocycles. The highest BCUT2D eigenvalue weighted by Gasteiger charge is 2.22.